The van der Waals surface area contributed by atoms with E-state index in [1.807, 2.05) is 6.08 Å². The highest BCUT2D eigenvalue weighted by molar-refractivity contribution is 5.81. The Hall–Kier alpha value is -1.99. The molecule has 2 aromatic rings. The fourth-order valence-electron chi connectivity index (χ4n) is 1.81. The lowest BCUT2D eigenvalue weighted by atomic mass is 10.4. The van der Waals surface area contributed by atoms with Crippen LogP contribution in [0.1, 0.15) is 6.23 Å². The normalized spacial score (nSPS) is 23.6. The van der Waals surface area contributed by atoms with Gasteiger partial charge >= 0.3 is 0 Å². The molecule has 7 heteroatoms. The third-order valence-corrected chi connectivity index (χ3v) is 2.65. The Morgan fingerprint density at radius 2 is 2.24 bits per heavy atom. The fourth-order valence-corrected chi connectivity index (χ4v) is 1.81. The molecule has 17 heavy (non-hydrogen) atoms. The maximum Gasteiger partial charge on any atom is 0.167 e. The number of rotatable bonds is 2. The third-order valence-electron chi connectivity index (χ3n) is 2.65. The second-order valence-electron chi connectivity index (χ2n) is 3.72. The van der Waals surface area contributed by atoms with E-state index < -0.39 is 0 Å². The van der Waals surface area contributed by atoms with E-state index in [2.05, 4.69) is 15.0 Å². The van der Waals surface area contributed by atoms with Crippen LogP contribution in [-0.2, 0) is 4.74 Å². The van der Waals surface area contributed by atoms with Crippen molar-refractivity contribution in [1.29, 1.82) is 0 Å². The van der Waals surface area contributed by atoms with Crippen LogP contribution in [0.2, 0.25) is 0 Å². The first kappa shape index (κ1) is 10.2. The molecule has 7 nitrogen and oxygen atoms in total. The maximum atomic E-state index is 8.99. The molecule has 88 valence electrons. The van der Waals surface area contributed by atoms with Crippen molar-refractivity contribution in [2.24, 2.45) is 0 Å². The van der Waals surface area contributed by atoms with Crippen molar-refractivity contribution in [2.75, 3.05) is 12.3 Å². The van der Waals surface area contributed by atoms with Gasteiger partial charge in [0.15, 0.2) is 17.7 Å². The Morgan fingerprint density at radius 3 is 3.00 bits per heavy atom. The van der Waals surface area contributed by atoms with Crippen LogP contribution in [0.4, 0.5) is 5.82 Å². The van der Waals surface area contributed by atoms with E-state index >= 15 is 0 Å². The van der Waals surface area contributed by atoms with E-state index in [-0.39, 0.29) is 18.9 Å². The van der Waals surface area contributed by atoms with Gasteiger partial charge in [0.05, 0.1) is 12.9 Å². The van der Waals surface area contributed by atoms with Gasteiger partial charge in [0.1, 0.15) is 17.9 Å². The van der Waals surface area contributed by atoms with E-state index in [9.17, 15) is 0 Å². The highest BCUT2D eigenvalue weighted by Gasteiger charge is 2.22. The summed E-state index contributed by atoms with van der Waals surface area (Å²) in [5.74, 6) is 0.342. The van der Waals surface area contributed by atoms with E-state index in [1.165, 1.54) is 6.33 Å². The molecule has 0 saturated carbocycles. The Bertz CT molecular complexity index is 579. The van der Waals surface area contributed by atoms with Crippen molar-refractivity contribution < 1.29 is 9.84 Å². The molecule has 3 rings (SSSR count). The SMILES string of the molecule is Nc1ncnc2c1ncn2[C@@H]1C=C[C@@H](CO)O1. The van der Waals surface area contributed by atoms with Crippen LogP contribution < -0.4 is 5.73 Å². The molecule has 0 unspecified atom stereocenters. The van der Waals surface area contributed by atoms with Crippen LogP contribution in [0.15, 0.2) is 24.8 Å². The second-order valence-corrected chi connectivity index (χ2v) is 3.72. The number of nitrogens with two attached hydrogens (primary N) is 1. The minimum Gasteiger partial charge on any atom is -0.393 e. The van der Waals surface area contributed by atoms with E-state index in [4.69, 9.17) is 15.6 Å². The van der Waals surface area contributed by atoms with Crippen LogP contribution in [-0.4, -0.2) is 37.3 Å². The molecule has 3 heterocycles. The van der Waals surface area contributed by atoms with Gasteiger partial charge in [0.2, 0.25) is 0 Å². The summed E-state index contributed by atoms with van der Waals surface area (Å²) in [6.45, 7) is -0.0449. The Balaban J connectivity index is 2.02. The topological polar surface area (TPSA) is 99.1 Å². The predicted octanol–water partition coefficient (Wildman–Crippen LogP) is -0.146. The number of nitrogen functional groups attached to an aromatic ring is 1. The number of fused-ring (bicyclic) bond motifs is 1. The average molecular weight is 233 g/mol. The van der Waals surface area contributed by atoms with Gasteiger partial charge in [-0.05, 0) is 6.08 Å². The highest BCUT2D eigenvalue weighted by atomic mass is 16.5. The van der Waals surface area contributed by atoms with Crippen molar-refractivity contribution in [3.63, 3.8) is 0 Å². The van der Waals surface area contributed by atoms with Crippen molar-refractivity contribution in [2.45, 2.75) is 12.3 Å². The summed E-state index contributed by atoms with van der Waals surface area (Å²) in [5.41, 5.74) is 6.87. The number of hydrogen-bond acceptors (Lipinski definition) is 6. The van der Waals surface area contributed by atoms with Gasteiger partial charge in [-0.2, -0.15) is 0 Å². The standard InChI is InChI=1S/C10H11N5O2/c11-9-8-10(13-4-12-9)15(5-14-8)7-2-1-6(3-16)17-7/h1-2,4-7,16H,3H2,(H2,11,12,13)/t6-,7-/m0/s1. The first-order valence-electron chi connectivity index (χ1n) is 5.17. The summed E-state index contributed by atoms with van der Waals surface area (Å²) in [6, 6.07) is 0. The summed E-state index contributed by atoms with van der Waals surface area (Å²) < 4.78 is 7.31. The molecule has 0 aliphatic carbocycles. The van der Waals surface area contributed by atoms with Gasteiger partial charge < -0.3 is 15.6 Å². The number of imidazole rings is 1. The minimum absolute atomic E-state index is 0.0449. The average Bonchev–Trinajstić information content (AvgIpc) is 2.94. The number of aliphatic hydroxyl groups excluding tert-OH is 1. The lowest BCUT2D eigenvalue weighted by molar-refractivity contribution is -0.00638. The van der Waals surface area contributed by atoms with Crippen LogP contribution in [0.3, 0.4) is 0 Å². The van der Waals surface area contributed by atoms with E-state index in [0.29, 0.717) is 17.0 Å². The summed E-state index contributed by atoms with van der Waals surface area (Å²) >= 11 is 0. The number of aromatic nitrogens is 4. The highest BCUT2D eigenvalue weighted by Crippen LogP contribution is 2.25. The van der Waals surface area contributed by atoms with Crippen LogP contribution in [0.5, 0.6) is 0 Å². The molecule has 0 radical (unpaired) electrons. The monoisotopic (exact) mass is 233 g/mol. The third kappa shape index (κ3) is 1.56. The van der Waals surface area contributed by atoms with E-state index in [1.54, 1.807) is 17.0 Å². The maximum absolute atomic E-state index is 8.99. The minimum atomic E-state index is -0.313. The molecule has 0 aromatic carbocycles. The molecule has 1 aliphatic heterocycles. The van der Waals surface area contributed by atoms with Crippen molar-refractivity contribution in [1.82, 2.24) is 19.5 Å². The number of anilines is 1. The molecule has 2 atom stereocenters. The lowest BCUT2D eigenvalue weighted by Crippen LogP contribution is -2.15. The number of nitrogens with zero attached hydrogens (tertiary/aromatic N) is 4. The molecule has 0 spiro atoms. The fraction of sp³-hybridized carbons (Fsp3) is 0.300. The number of ether oxygens (including phenoxy) is 1. The smallest absolute Gasteiger partial charge is 0.167 e. The van der Waals surface area contributed by atoms with Crippen molar-refractivity contribution >= 4 is 17.0 Å². The quantitative estimate of drug-likeness (QED) is 0.700. The lowest BCUT2D eigenvalue weighted by Gasteiger charge is -2.13. The molecular weight excluding hydrogens is 222 g/mol. The molecule has 0 saturated heterocycles. The zero-order valence-electron chi connectivity index (χ0n) is 8.89. The predicted molar refractivity (Wildman–Crippen MR) is 59.9 cm³/mol. The Labute approximate surface area is 96.6 Å². The van der Waals surface area contributed by atoms with E-state index in [0.717, 1.165) is 0 Å². The summed E-state index contributed by atoms with van der Waals surface area (Å²) in [6.07, 6.45) is 6.05. The van der Waals surface area contributed by atoms with Gasteiger partial charge in [0.25, 0.3) is 0 Å². The summed E-state index contributed by atoms with van der Waals surface area (Å²) in [7, 11) is 0. The Kier molecular flexibility index (Phi) is 2.27. The van der Waals surface area contributed by atoms with Gasteiger partial charge in [0, 0.05) is 0 Å². The van der Waals surface area contributed by atoms with Gasteiger partial charge in [-0.25, -0.2) is 15.0 Å². The Morgan fingerprint density at radius 1 is 1.35 bits per heavy atom. The molecule has 0 bridgehead atoms. The van der Waals surface area contributed by atoms with Crippen LogP contribution >= 0.6 is 0 Å². The van der Waals surface area contributed by atoms with Gasteiger partial charge in [-0.1, -0.05) is 6.08 Å². The zero-order chi connectivity index (χ0) is 11.8. The second kappa shape index (κ2) is 3.79. The van der Waals surface area contributed by atoms with Crippen LogP contribution in [0.25, 0.3) is 11.2 Å². The van der Waals surface area contributed by atoms with Crippen molar-refractivity contribution in [3.05, 3.63) is 24.8 Å². The molecule has 1 aliphatic rings. The largest absolute Gasteiger partial charge is 0.393 e. The van der Waals surface area contributed by atoms with Crippen molar-refractivity contribution in [3.8, 4) is 0 Å². The summed E-state index contributed by atoms with van der Waals surface area (Å²) in [5, 5.41) is 8.99. The molecule has 2 aromatic heterocycles. The number of hydrogen-bond donors (Lipinski definition) is 2. The van der Waals surface area contributed by atoms with Gasteiger partial charge in [-0.15, -0.1) is 0 Å². The summed E-state index contributed by atoms with van der Waals surface area (Å²) in [4.78, 5) is 12.2. The molecule has 0 fully saturated rings. The van der Waals surface area contributed by atoms with Gasteiger partial charge in [-0.3, -0.25) is 4.57 Å². The van der Waals surface area contributed by atoms with Crippen LogP contribution in [0, 0.1) is 0 Å². The first-order chi connectivity index (χ1) is 8.29. The number of aliphatic hydroxyl groups is 1. The first-order valence-corrected chi connectivity index (χ1v) is 5.17. The zero-order valence-corrected chi connectivity index (χ0v) is 8.89. The molecule has 3 N–H and O–H groups in total. The molecular formula is C10H11N5O2. The molecule has 0 amide bonds.